The van der Waals surface area contributed by atoms with Gasteiger partial charge < -0.3 is 5.32 Å². The highest BCUT2D eigenvalue weighted by Gasteiger charge is 2.13. The lowest BCUT2D eigenvalue weighted by molar-refractivity contribution is 0.0945. The molecule has 2 aromatic heterocycles. The fourth-order valence-corrected chi connectivity index (χ4v) is 2.41. The van der Waals surface area contributed by atoms with Gasteiger partial charge in [-0.15, -0.1) is 0 Å². The molecule has 5 nitrogen and oxygen atoms in total. The molecule has 116 valence electrons. The molecule has 1 N–H and O–H groups in total. The van der Waals surface area contributed by atoms with E-state index < -0.39 is 0 Å². The van der Waals surface area contributed by atoms with Gasteiger partial charge in [-0.3, -0.25) is 9.78 Å². The number of nitrogens with zero attached hydrogens (tertiary/aromatic N) is 3. The van der Waals surface area contributed by atoms with Crippen LogP contribution in [0.3, 0.4) is 0 Å². The first kappa shape index (κ1) is 15.2. The van der Waals surface area contributed by atoms with E-state index in [4.69, 9.17) is 11.6 Å². The van der Waals surface area contributed by atoms with Crippen molar-refractivity contribution in [3.8, 4) is 5.69 Å². The Morgan fingerprint density at radius 3 is 2.87 bits per heavy atom. The van der Waals surface area contributed by atoms with E-state index in [1.54, 1.807) is 35.3 Å². The molecule has 1 aromatic carbocycles. The lowest BCUT2D eigenvalue weighted by atomic mass is 10.3. The smallest absolute Gasteiger partial charge is 0.272 e. The first-order valence-electron chi connectivity index (χ1n) is 7.13. The summed E-state index contributed by atoms with van der Waals surface area (Å²) in [5.74, 6) is -0.224. The van der Waals surface area contributed by atoms with Crippen LogP contribution in [0.5, 0.6) is 0 Å². The molecule has 0 aliphatic rings. The van der Waals surface area contributed by atoms with Crippen LogP contribution in [0.15, 0.2) is 54.9 Å². The summed E-state index contributed by atoms with van der Waals surface area (Å²) in [6.45, 7) is 2.31. The Morgan fingerprint density at radius 1 is 1.26 bits per heavy atom. The Hall–Kier alpha value is -2.66. The van der Waals surface area contributed by atoms with E-state index >= 15 is 0 Å². The number of hydrogen-bond donors (Lipinski definition) is 1. The zero-order valence-electron chi connectivity index (χ0n) is 12.5. The van der Waals surface area contributed by atoms with Gasteiger partial charge in [0.2, 0.25) is 0 Å². The van der Waals surface area contributed by atoms with Gasteiger partial charge in [0, 0.05) is 29.7 Å². The summed E-state index contributed by atoms with van der Waals surface area (Å²) in [6.07, 6.45) is 3.41. The van der Waals surface area contributed by atoms with Gasteiger partial charge in [0.05, 0.1) is 5.69 Å². The third-order valence-electron chi connectivity index (χ3n) is 3.35. The molecule has 0 aliphatic carbocycles. The molecule has 1 amide bonds. The molecule has 0 saturated carbocycles. The van der Waals surface area contributed by atoms with Gasteiger partial charge in [0.25, 0.3) is 5.91 Å². The molecule has 6 heteroatoms. The van der Waals surface area contributed by atoms with E-state index in [0.29, 0.717) is 17.3 Å². The number of halogens is 1. The number of nitrogens with one attached hydrogen (secondary N) is 1. The number of aryl methyl sites for hydroxylation is 1. The van der Waals surface area contributed by atoms with Crippen LogP contribution in [0.4, 0.5) is 0 Å². The molecule has 2 heterocycles. The van der Waals surface area contributed by atoms with Crippen molar-refractivity contribution in [2.75, 3.05) is 0 Å². The molecule has 23 heavy (non-hydrogen) atoms. The average molecular weight is 327 g/mol. The molecule has 0 unspecified atom stereocenters. The minimum absolute atomic E-state index is 0.224. The lowest BCUT2D eigenvalue weighted by Crippen LogP contribution is -2.23. The van der Waals surface area contributed by atoms with Gasteiger partial charge in [-0.25, -0.2) is 4.68 Å². The molecule has 0 radical (unpaired) electrons. The third-order valence-corrected chi connectivity index (χ3v) is 3.58. The molecular weight excluding hydrogens is 312 g/mol. The van der Waals surface area contributed by atoms with E-state index in [1.807, 2.05) is 31.2 Å². The fourth-order valence-electron chi connectivity index (χ4n) is 2.23. The largest absolute Gasteiger partial charge is 0.347 e. The normalized spacial score (nSPS) is 10.5. The van der Waals surface area contributed by atoms with Gasteiger partial charge in [-0.2, -0.15) is 5.10 Å². The maximum atomic E-state index is 12.2. The molecule has 0 saturated heterocycles. The van der Waals surface area contributed by atoms with Crippen molar-refractivity contribution in [2.45, 2.75) is 13.5 Å². The standard InChI is InChI=1S/C17H15ClN4O/c1-12-8-16(17(23)20-11-13-4-3-7-19-10-13)21-22(12)15-6-2-5-14(18)9-15/h2-10H,11H2,1H3,(H,20,23). The topological polar surface area (TPSA) is 59.8 Å². The first-order chi connectivity index (χ1) is 11.1. The van der Waals surface area contributed by atoms with Gasteiger partial charge >= 0.3 is 0 Å². The second kappa shape index (κ2) is 6.62. The first-order valence-corrected chi connectivity index (χ1v) is 7.51. The number of carbonyl (C=O) groups is 1. The number of rotatable bonds is 4. The fraction of sp³-hybridized carbons (Fsp3) is 0.118. The highest BCUT2D eigenvalue weighted by atomic mass is 35.5. The number of amides is 1. The highest BCUT2D eigenvalue weighted by Crippen LogP contribution is 2.16. The van der Waals surface area contributed by atoms with E-state index in [-0.39, 0.29) is 5.91 Å². The van der Waals surface area contributed by atoms with Crippen LogP contribution in [-0.2, 0) is 6.54 Å². The summed E-state index contributed by atoms with van der Waals surface area (Å²) in [6, 6.07) is 12.8. The Labute approximate surface area is 138 Å². The number of aromatic nitrogens is 3. The van der Waals surface area contributed by atoms with Crippen LogP contribution < -0.4 is 5.32 Å². The van der Waals surface area contributed by atoms with Crippen molar-refractivity contribution >= 4 is 17.5 Å². The second-order valence-electron chi connectivity index (χ2n) is 5.11. The SMILES string of the molecule is Cc1cc(C(=O)NCc2cccnc2)nn1-c1cccc(Cl)c1. The van der Waals surface area contributed by atoms with Crippen LogP contribution in [-0.4, -0.2) is 20.7 Å². The summed E-state index contributed by atoms with van der Waals surface area (Å²) in [5.41, 5.74) is 2.98. The summed E-state index contributed by atoms with van der Waals surface area (Å²) >= 11 is 6.01. The second-order valence-corrected chi connectivity index (χ2v) is 5.54. The molecule has 0 spiro atoms. The Morgan fingerprint density at radius 2 is 2.13 bits per heavy atom. The van der Waals surface area contributed by atoms with Crippen LogP contribution >= 0.6 is 11.6 Å². The van der Waals surface area contributed by atoms with E-state index in [2.05, 4.69) is 15.4 Å². The van der Waals surface area contributed by atoms with Gasteiger partial charge in [-0.05, 0) is 42.8 Å². The van der Waals surface area contributed by atoms with Crippen LogP contribution in [0.1, 0.15) is 21.7 Å². The van der Waals surface area contributed by atoms with Gasteiger partial charge in [0.1, 0.15) is 0 Å². The summed E-state index contributed by atoms with van der Waals surface area (Å²) in [4.78, 5) is 16.3. The lowest BCUT2D eigenvalue weighted by Gasteiger charge is -2.04. The third kappa shape index (κ3) is 3.57. The Balaban J connectivity index is 1.76. The maximum Gasteiger partial charge on any atom is 0.272 e. The van der Waals surface area contributed by atoms with Crippen molar-refractivity contribution in [3.05, 3.63) is 76.8 Å². The van der Waals surface area contributed by atoms with Crippen molar-refractivity contribution in [1.82, 2.24) is 20.1 Å². The van der Waals surface area contributed by atoms with Gasteiger partial charge in [-0.1, -0.05) is 23.7 Å². The summed E-state index contributed by atoms with van der Waals surface area (Å²) in [7, 11) is 0. The van der Waals surface area contributed by atoms with Crippen LogP contribution in [0, 0.1) is 6.92 Å². The minimum Gasteiger partial charge on any atom is -0.347 e. The zero-order valence-corrected chi connectivity index (χ0v) is 13.3. The van der Waals surface area contributed by atoms with Crippen LogP contribution in [0.2, 0.25) is 5.02 Å². The van der Waals surface area contributed by atoms with Crippen molar-refractivity contribution in [2.24, 2.45) is 0 Å². The molecule has 0 bridgehead atoms. The van der Waals surface area contributed by atoms with Crippen molar-refractivity contribution < 1.29 is 4.79 Å². The number of benzene rings is 1. The summed E-state index contributed by atoms with van der Waals surface area (Å²) < 4.78 is 1.70. The van der Waals surface area contributed by atoms with Crippen molar-refractivity contribution in [3.63, 3.8) is 0 Å². The summed E-state index contributed by atoms with van der Waals surface area (Å²) in [5, 5.41) is 7.83. The van der Waals surface area contributed by atoms with E-state index in [0.717, 1.165) is 16.9 Å². The van der Waals surface area contributed by atoms with Gasteiger partial charge in [0.15, 0.2) is 5.69 Å². The predicted octanol–water partition coefficient (Wildman–Crippen LogP) is 3.16. The van der Waals surface area contributed by atoms with E-state index in [1.165, 1.54) is 0 Å². The average Bonchev–Trinajstić information content (AvgIpc) is 2.95. The minimum atomic E-state index is -0.224. The predicted molar refractivity (Wildman–Crippen MR) is 88.7 cm³/mol. The van der Waals surface area contributed by atoms with Crippen LogP contribution in [0.25, 0.3) is 5.69 Å². The molecule has 0 fully saturated rings. The number of pyridine rings is 1. The van der Waals surface area contributed by atoms with Crippen molar-refractivity contribution in [1.29, 1.82) is 0 Å². The molecule has 0 aliphatic heterocycles. The Bertz CT molecular complexity index is 830. The molecule has 3 aromatic rings. The van der Waals surface area contributed by atoms with E-state index in [9.17, 15) is 4.79 Å². The zero-order chi connectivity index (χ0) is 16.2. The molecule has 0 atom stereocenters. The molecular formula is C17H15ClN4O. The highest BCUT2D eigenvalue weighted by molar-refractivity contribution is 6.30. The maximum absolute atomic E-state index is 12.2. The molecule has 3 rings (SSSR count). The number of hydrogen-bond acceptors (Lipinski definition) is 3. The monoisotopic (exact) mass is 326 g/mol. The number of carbonyl (C=O) groups excluding carboxylic acids is 1. The quantitative estimate of drug-likeness (QED) is 0.801. The Kier molecular flexibility index (Phi) is 4.39.